The zero-order valence-electron chi connectivity index (χ0n) is 25.7. The van der Waals surface area contributed by atoms with Crippen LogP contribution >= 0.6 is 0 Å². The molecular weight excluding hydrogens is 546 g/mol. The Bertz CT molecular complexity index is 1920. The van der Waals surface area contributed by atoms with Gasteiger partial charge in [0.2, 0.25) is 5.95 Å². The van der Waals surface area contributed by atoms with Crippen LogP contribution < -0.4 is 10.9 Å². The molecule has 1 atom stereocenters. The minimum atomic E-state index is -0.211. The molecule has 0 spiro atoms. The van der Waals surface area contributed by atoms with Crippen LogP contribution in [0.15, 0.2) is 78.0 Å². The topological polar surface area (TPSA) is 88.8 Å². The van der Waals surface area contributed by atoms with Crippen LogP contribution in [0.4, 0.5) is 11.6 Å². The maximum atomic E-state index is 14.0. The maximum absolute atomic E-state index is 14.0. The van der Waals surface area contributed by atoms with E-state index in [-0.39, 0.29) is 11.5 Å². The van der Waals surface area contributed by atoms with Crippen molar-refractivity contribution in [3.8, 4) is 11.8 Å². The van der Waals surface area contributed by atoms with Gasteiger partial charge in [-0.1, -0.05) is 56.0 Å². The Kier molecular flexibility index (Phi) is 8.49. The fourth-order valence-corrected chi connectivity index (χ4v) is 5.86. The Morgan fingerprint density at radius 3 is 2.52 bits per heavy atom. The van der Waals surface area contributed by atoms with Crippen LogP contribution in [0.25, 0.3) is 11.0 Å². The summed E-state index contributed by atoms with van der Waals surface area (Å²) in [5, 5.41) is 12.3. The molecule has 0 saturated carbocycles. The molecule has 6 rings (SSSR count). The number of rotatable bonds is 7. The Labute approximate surface area is 258 Å². The van der Waals surface area contributed by atoms with Gasteiger partial charge in [-0.3, -0.25) is 9.36 Å². The van der Waals surface area contributed by atoms with Crippen molar-refractivity contribution >= 4 is 22.7 Å². The summed E-state index contributed by atoms with van der Waals surface area (Å²) in [5.74, 6) is 7.66. The Morgan fingerprint density at radius 2 is 1.77 bits per heavy atom. The smallest absolute Gasteiger partial charge is 0.268 e. The van der Waals surface area contributed by atoms with E-state index in [0.29, 0.717) is 29.6 Å². The first-order valence-corrected chi connectivity index (χ1v) is 15.2. The molecule has 1 aliphatic heterocycles. The molecule has 1 fully saturated rings. The number of hydrogen-bond donors (Lipinski definition) is 1. The zero-order valence-corrected chi connectivity index (χ0v) is 25.7. The van der Waals surface area contributed by atoms with E-state index in [1.165, 1.54) is 18.5 Å². The predicted molar refractivity (Wildman–Crippen MR) is 175 cm³/mol. The van der Waals surface area contributed by atoms with Gasteiger partial charge in [-0.25, -0.2) is 4.98 Å². The van der Waals surface area contributed by atoms with Gasteiger partial charge in [-0.05, 0) is 91.7 Å². The summed E-state index contributed by atoms with van der Waals surface area (Å²) in [6.07, 6.45) is 7.58. The molecule has 1 unspecified atom stereocenters. The third kappa shape index (κ3) is 6.53. The molecule has 0 aliphatic carbocycles. The van der Waals surface area contributed by atoms with E-state index in [1.807, 2.05) is 31.2 Å². The van der Waals surface area contributed by atoms with Gasteiger partial charge in [0, 0.05) is 29.4 Å². The molecule has 44 heavy (non-hydrogen) atoms. The summed E-state index contributed by atoms with van der Waals surface area (Å²) in [7, 11) is 2.19. The summed E-state index contributed by atoms with van der Waals surface area (Å²) in [4.78, 5) is 25.8. The van der Waals surface area contributed by atoms with Crippen molar-refractivity contribution in [2.45, 2.75) is 46.1 Å². The van der Waals surface area contributed by atoms with E-state index < -0.39 is 0 Å². The Balaban J connectivity index is 1.36. The molecular formula is C36H37N7O. The minimum absolute atomic E-state index is 0.211. The molecule has 1 aliphatic rings. The van der Waals surface area contributed by atoms with E-state index in [2.05, 4.69) is 82.4 Å². The van der Waals surface area contributed by atoms with E-state index >= 15 is 0 Å². The molecule has 4 heterocycles. The van der Waals surface area contributed by atoms with Crippen molar-refractivity contribution in [3.63, 3.8) is 0 Å². The van der Waals surface area contributed by atoms with Crippen LogP contribution in [-0.4, -0.2) is 49.8 Å². The molecule has 222 valence electrons. The molecule has 8 heteroatoms. The molecule has 0 bridgehead atoms. The van der Waals surface area contributed by atoms with Crippen molar-refractivity contribution in [1.82, 2.24) is 29.6 Å². The summed E-state index contributed by atoms with van der Waals surface area (Å²) in [5.41, 5.74) is 6.83. The van der Waals surface area contributed by atoms with Crippen molar-refractivity contribution in [1.29, 1.82) is 0 Å². The van der Waals surface area contributed by atoms with Crippen LogP contribution in [0.5, 0.6) is 0 Å². The summed E-state index contributed by atoms with van der Waals surface area (Å²) in [6, 6.07) is 18.1. The number of aromatic nitrogens is 5. The number of benzene rings is 2. The minimum Gasteiger partial charge on any atom is -0.324 e. The molecule has 0 amide bonds. The molecule has 0 radical (unpaired) electrons. The number of nitrogens with zero attached hydrogens (tertiary/aromatic N) is 6. The second-order valence-corrected chi connectivity index (χ2v) is 12.1. The first-order chi connectivity index (χ1) is 21.3. The van der Waals surface area contributed by atoms with Crippen molar-refractivity contribution in [3.05, 3.63) is 117 Å². The van der Waals surface area contributed by atoms with Crippen LogP contribution in [-0.2, 0) is 13.0 Å². The quantitative estimate of drug-likeness (QED) is 0.246. The van der Waals surface area contributed by atoms with Gasteiger partial charge in [0.1, 0.15) is 5.65 Å². The lowest BCUT2D eigenvalue weighted by Crippen LogP contribution is -2.25. The largest absolute Gasteiger partial charge is 0.324 e. The van der Waals surface area contributed by atoms with Crippen molar-refractivity contribution in [2.24, 2.45) is 5.92 Å². The molecule has 2 aromatic carbocycles. The average molecular weight is 584 g/mol. The van der Waals surface area contributed by atoms with Crippen molar-refractivity contribution in [2.75, 3.05) is 25.5 Å². The Hall–Kier alpha value is -4.87. The standard InChI is InChI=1S/C36H37N7O/c1-24(2)33-21-39-38-20-31(33)23-43-34-30(18-29(35(43)44)12-11-28-8-6-5-7-25(28)3)19-37-36(41-34)40-32-13-9-26(10-14-32)17-27-15-16-42(4)22-27/h5-10,13-14,18-21,24,27H,15-17,22-23H2,1-4H3,(H,37,40,41). The number of likely N-dealkylation sites (tertiary alicyclic amines) is 1. The second-order valence-electron chi connectivity index (χ2n) is 12.1. The highest BCUT2D eigenvalue weighted by Gasteiger charge is 2.19. The molecule has 8 nitrogen and oxygen atoms in total. The highest BCUT2D eigenvalue weighted by atomic mass is 16.1. The normalized spacial score (nSPS) is 15.0. The number of aryl methyl sites for hydroxylation is 1. The summed E-state index contributed by atoms with van der Waals surface area (Å²) in [6.45, 7) is 8.84. The van der Waals surface area contributed by atoms with Crippen LogP contribution in [0.1, 0.15) is 59.6 Å². The van der Waals surface area contributed by atoms with Gasteiger partial charge >= 0.3 is 0 Å². The Morgan fingerprint density at radius 1 is 1.00 bits per heavy atom. The van der Waals surface area contributed by atoms with Gasteiger partial charge in [0.05, 0.1) is 24.5 Å². The summed E-state index contributed by atoms with van der Waals surface area (Å²) < 4.78 is 1.68. The number of pyridine rings is 1. The zero-order chi connectivity index (χ0) is 30.6. The molecule has 1 saturated heterocycles. The fourth-order valence-electron chi connectivity index (χ4n) is 5.86. The van der Waals surface area contributed by atoms with Gasteiger partial charge in [-0.2, -0.15) is 15.2 Å². The number of nitrogens with one attached hydrogen (secondary N) is 1. The van der Waals surface area contributed by atoms with E-state index in [4.69, 9.17) is 4.98 Å². The van der Waals surface area contributed by atoms with E-state index in [9.17, 15) is 4.79 Å². The highest BCUT2D eigenvalue weighted by molar-refractivity contribution is 5.77. The van der Waals surface area contributed by atoms with Crippen LogP contribution in [0.3, 0.4) is 0 Å². The lowest BCUT2D eigenvalue weighted by atomic mass is 9.98. The maximum Gasteiger partial charge on any atom is 0.268 e. The van der Waals surface area contributed by atoms with E-state index in [0.717, 1.165) is 46.3 Å². The van der Waals surface area contributed by atoms with Gasteiger partial charge in [0.25, 0.3) is 5.56 Å². The van der Waals surface area contributed by atoms with Gasteiger partial charge in [0.15, 0.2) is 0 Å². The second kappa shape index (κ2) is 12.8. The number of anilines is 2. The monoisotopic (exact) mass is 583 g/mol. The third-order valence-electron chi connectivity index (χ3n) is 8.33. The SMILES string of the molecule is Cc1ccccc1C#Cc1cc2cnc(Nc3ccc(CC4CCN(C)C4)cc3)nc2n(Cc2cnncc2C(C)C)c1=O. The lowest BCUT2D eigenvalue weighted by molar-refractivity contribution is 0.394. The van der Waals surface area contributed by atoms with Gasteiger partial charge in [-0.15, -0.1) is 0 Å². The summed E-state index contributed by atoms with van der Waals surface area (Å²) >= 11 is 0. The van der Waals surface area contributed by atoms with Crippen LogP contribution in [0.2, 0.25) is 0 Å². The van der Waals surface area contributed by atoms with Crippen LogP contribution in [0, 0.1) is 24.7 Å². The number of fused-ring (bicyclic) bond motifs is 1. The first kappa shape index (κ1) is 29.2. The first-order valence-electron chi connectivity index (χ1n) is 15.2. The predicted octanol–water partition coefficient (Wildman–Crippen LogP) is 5.70. The lowest BCUT2D eigenvalue weighted by Gasteiger charge is -2.15. The highest BCUT2D eigenvalue weighted by Crippen LogP contribution is 2.23. The molecule has 5 aromatic rings. The molecule has 1 N–H and O–H groups in total. The number of hydrogen-bond acceptors (Lipinski definition) is 7. The third-order valence-corrected chi connectivity index (χ3v) is 8.33. The fraction of sp³-hybridized carbons (Fsp3) is 0.306. The average Bonchev–Trinajstić information content (AvgIpc) is 3.43. The van der Waals surface area contributed by atoms with Crippen molar-refractivity contribution < 1.29 is 0 Å². The van der Waals surface area contributed by atoms with E-state index in [1.54, 1.807) is 29.2 Å². The van der Waals surface area contributed by atoms with Gasteiger partial charge < -0.3 is 10.2 Å². The molecule has 3 aromatic heterocycles.